The standard InChI is InChI=1S/C11H22N2O2/c1-9(2)13(3)10(14)11(8-12)4-6-15-7-5-11/h9H,4-8,12H2,1-3H3. The Kier molecular flexibility index (Phi) is 4.11. The van der Waals surface area contributed by atoms with Crippen LogP contribution in [0, 0.1) is 5.41 Å². The van der Waals surface area contributed by atoms with Crippen molar-refractivity contribution >= 4 is 5.91 Å². The van der Waals surface area contributed by atoms with Gasteiger partial charge in [0.05, 0.1) is 5.41 Å². The van der Waals surface area contributed by atoms with E-state index in [-0.39, 0.29) is 17.4 Å². The van der Waals surface area contributed by atoms with Gasteiger partial charge in [0.2, 0.25) is 5.91 Å². The van der Waals surface area contributed by atoms with Gasteiger partial charge < -0.3 is 15.4 Å². The van der Waals surface area contributed by atoms with E-state index >= 15 is 0 Å². The summed E-state index contributed by atoms with van der Waals surface area (Å²) in [6.45, 7) is 5.75. The van der Waals surface area contributed by atoms with Gasteiger partial charge in [0.1, 0.15) is 0 Å². The molecule has 15 heavy (non-hydrogen) atoms. The Labute approximate surface area is 91.8 Å². The quantitative estimate of drug-likeness (QED) is 0.749. The molecule has 0 aromatic rings. The summed E-state index contributed by atoms with van der Waals surface area (Å²) in [5, 5.41) is 0. The van der Waals surface area contributed by atoms with Crippen LogP contribution in [-0.2, 0) is 9.53 Å². The average molecular weight is 214 g/mol. The lowest BCUT2D eigenvalue weighted by molar-refractivity contribution is -0.147. The molecule has 2 N–H and O–H groups in total. The highest BCUT2D eigenvalue weighted by Crippen LogP contribution is 2.31. The van der Waals surface area contributed by atoms with Gasteiger partial charge in [0.15, 0.2) is 0 Å². The first-order valence-corrected chi connectivity index (χ1v) is 5.58. The summed E-state index contributed by atoms with van der Waals surface area (Å²) >= 11 is 0. The van der Waals surface area contributed by atoms with Crippen LogP contribution in [0.25, 0.3) is 0 Å². The Hall–Kier alpha value is -0.610. The topological polar surface area (TPSA) is 55.6 Å². The van der Waals surface area contributed by atoms with Crippen molar-refractivity contribution < 1.29 is 9.53 Å². The minimum absolute atomic E-state index is 0.170. The fourth-order valence-electron chi connectivity index (χ4n) is 1.88. The zero-order valence-electron chi connectivity index (χ0n) is 9.95. The summed E-state index contributed by atoms with van der Waals surface area (Å²) < 4.78 is 5.29. The maximum absolute atomic E-state index is 12.3. The van der Waals surface area contributed by atoms with E-state index in [1.165, 1.54) is 0 Å². The number of ether oxygens (including phenoxy) is 1. The molecule has 0 spiro atoms. The molecule has 88 valence electrons. The Morgan fingerprint density at radius 2 is 2.00 bits per heavy atom. The van der Waals surface area contributed by atoms with Crippen molar-refractivity contribution in [2.24, 2.45) is 11.1 Å². The van der Waals surface area contributed by atoms with E-state index in [1.54, 1.807) is 4.90 Å². The van der Waals surface area contributed by atoms with E-state index < -0.39 is 0 Å². The second kappa shape index (κ2) is 4.94. The number of nitrogens with zero attached hydrogens (tertiary/aromatic N) is 1. The zero-order chi connectivity index (χ0) is 11.5. The van der Waals surface area contributed by atoms with E-state index in [0.717, 1.165) is 12.8 Å². The third kappa shape index (κ3) is 2.49. The molecule has 1 aliphatic heterocycles. The second-order valence-corrected chi connectivity index (χ2v) is 4.61. The number of carbonyl (C=O) groups excluding carboxylic acids is 1. The molecule has 1 amide bonds. The number of rotatable bonds is 3. The highest BCUT2D eigenvalue weighted by molar-refractivity contribution is 5.83. The SMILES string of the molecule is CC(C)N(C)C(=O)C1(CN)CCOCC1. The van der Waals surface area contributed by atoms with Crippen molar-refractivity contribution in [2.75, 3.05) is 26.8 Å². The minimum Gasteiger partial charge on any atom is -0.381 e. The molecule has 0 aromatic heterocycles. The first-order chi connectivity index (χ1) is 7.03. The molecule has 0 unspecified atom stereocenters. The molecule has 0 bridgehead atoms. The summed E-state index contributed by atoms with van der Waals surface area (Å²) in [5.41, 5.74) is 5.40. The summed E-state index contributed by atoms with van der Waals surface area (Å²) in [4.78, 5) is 14.1. The van der Waals surface area contributed by atoms with E-state index in [0.29, 0.717) is 19.8 Å². The van der Waals surface area contributed by atoms with Gasteiger partial charge in [0, 0.05) is 32.8 Å². The third-order valence-electron chi connectivity index (χ3n) is 3.39. The van der Waals surface area contributed by atoms with Gasteiger partial charge in [0.25, 0.3) is 0 Å². The first kappa shape index (κ1) is 12.5. The normalized spacial score (nSPS) is 20.3. The van der Waals surface area contributed by atoms with E-state index in [2.05, 4.69) is 0 Å². The molecule has 1 saturated heterocycles. The van der Waals surface area contributed by atoms with Crippen LogP contribution in [0.1, 0.15) is 26.7 Å². The molecule has 0 aromatic carbocycles. The van der Waals surface area contributed by atoms with Crippen molar-refractivity contribution in [1.29, 1.82) is 0 Å². The molecular formula is C11H22N2O2. The van der Waals surface area contributed by atoms with E-state index in [1.807, 2.05) is 20.9 Å². The van der Waals surface area contributed by atoms with Gasteiger partial charge >= 0.3 is 0 Å². The number of carbonyl (C=O) groups is 1. The molecule has 1 rings (SSSR count). The van der Waals surface area contributed by atoms with Crippen LogP contribution in [0.4, 0.5) is 0 Å². The zero-order valence-corrected chi connectivity index (χ0v) is 9.95. The minimum atomic E-state index is -0.378. The van der Waals surface area contributed by atoms with Crippen LogP contribution in [0.5, 0.6) is 0 Å². The second-order valence-electron chi connectivity index (χ2n) is 4.61. The fraction of sp³-hybridized carbons (Fsp3) is 0.909. The van der Waals surface area contributed by atoms with Gasteiger partial charge in [-0.2, -0.15) is 0 Å². The number of hydrogen-bond donors (Lipinski definition) is 1. The maximum atomic E-state index is 12.3. The van der Waals surface area contributed by atoms with E-state index in [9.17, 15) is 4.79 Å². The third-order valence-corrected chi connectivity index (χ3v) is 3.39. The van der Waals surface area contributed by atoms with Crippen molar-refractivity contribution in [1.82, 2.24) is 4.90 Å². The Morgan fingerprint density at radius 3 is 2.40 bits per heavy atom. The van der Waals surface area contributed by atoms with Crippen LogP contribution in [-0.4, -0.2) is 43.7 Å². The van der Waals surface area contributed by atoms with Crippen molar-refractivity contribution in [3.05, 3.63) is 0 Å². The highest BCUT2D eigenvalue weighted by atomic mass is 16.5. The van der Waals surface area contributed by atoms with Crippen molar-refractivity contribution in [3.63, 3.8) is 0 Å². The molecule has 0 radical (unpaired) electrons. The molecule has 4 heteroatoms. The lowest BCUT2D eigenvalue weighted by Crippen LogP contribution is -2.51. The largest absolute Gasteiger partial charge is 0.381 e. The predicted octanol–water partition coefficient (Wildman–Crippen LogP) is 0.609. The van der Waals surface area contributed by atoms with Gasteiger partial charge in [-0.05, 0) is 26.7 Å². The lowest BCUT2D eigenvalue weighted by atomic mass is 9.78. The van der Waals surface area contributed by atoms with E-state index in [4.69, 9.17) is 10.5 Å². The fourth-order valence-corrected chi connectivity index (χ4v) is 1.88. The Bertz CT molecular complexity index is 223. The number of amides is 1. The summed E-state index contributed by atoms with van der Waals surface area (Å²) in [5.74, 6) is 0.170. The monoisotopic (exact) mass is 214 g/mol. The van der Waals surface area contributed by atoms with Crippen LogP contribution in [0.2, 0.25) is 0 Å². The maximum Gasteiger partial charge on any atom is 0.230 e. The van der Waals surface area contributed by atoms with Gasteiger partial charge in [-0.15, -0.1) is 0 Å². The Balaban J connectivity index is 2.76. The molecule has 1 fully saturated rings. The van der Waals surface area contributed by atoms with Crippen molar-refractivity contribution in [3.8, 4) is 0 Å². The molecule has 1 heterocycles. The van der Waals surface area contributed by atoms with Gasteiger partial charge in [-0.25, -0.2) is 0 Å². The molecule has 0 saturated carbocycles. The highest BCUT2D eigenvalue weighted by Gasteiger charge is 2.40. The summed E-state index contributed by atoms with van der Waals surface area (Å²) in [6, 6.07) is 0.226. The van der Waals surface area contributed by atoms with Gasteiger partial charge in [-0.1, -0.05) is 0 Å². The molecular weight excluding hydrogens is 192 g/mol. The van der Waals surface area contributed by atoms with Gasteiger partial charge in [-0.3, -0.25) is 4.79 Å². The number of hydrogen-bond acceptors (Lipinski definition) is 3. The average Bonchev–Trinajstić information content (AvgIpc) is 2.27. The van der Waals surface area contributed by atoms with Crippen LogP contribution in [0.15, 0.2) is 0 Å². The van der Waals surface area contributed by atoms with Crippen molar-refractivity contribution in [2.45, 2.75) is 32.7 Å². The molecule has 4 nitrogen and oxygen atoms in total. The molecule has 0 atom stereocenters. The summed E-state index contributed by atoms with van der Waals surface area (Å²) in [6.07, 6.45) is 1.50. The van der Waals surface area contributed by atoms with Crippen LogP contribution in [0.3, 0.4) is 0 Å². The van der Waals surface area contributed by atoms with Crippen LogP contribution < -0.4 is 5.73 Å². The first-order valence-electron chi connectivity index (χ1n) is 5.58. The predicted molar refractivity (Wildman–Crippen MR) is 59.4 cm³/mol. The lowest BCUT2D eigenvalue weighted by Gasteiger charge is -2.38. The summed E-state index contributed by atoms with van der Waals surface area (Å²) in [7, 11) is 1.85. The van der Waals surface area contributed by atoms with Crippen LogP contribution >= 0.6 is 0 Å². The smallest absolute Gasteiger partial charge is 0.230 e. The molecule has 0 aliphatic carbocycles. The Morgan fingerprint density at radius 1 is 1.47 bits per heavy atom. The number of nitrogens with two attached hydrogens (primary N) is 1. The molecule has 1 aliphatic rings.